The van der Waals surface area contributed by atoms with Crippen LogP contribution in [0.15, 0.2) is 23.1 Å². The number of benzene rings is 1. The van der Waals surface area contributed by atoms with E-state index in [2.05, 4.69) is 10.3 Å². The molecule has 0 radical (unpaired) electrons. The summed E-state index contributed by atoms with van der Waals surface area (Å²) < 4.78 is 33.0. The number of nitrogens with one attached hydrogen (secondary N) is 1. The van der Waals surface area contributed by atoms with Gasteiger partial charge in [0.05, 0.1) is 23.0 Å². The maximum absolute atomic E-state index is 12.7. The number of fused-ring (bicyclic) bond motifs is 1. The average molecular weight is 465 g/mol. The molecule has 0 spiro atoms. The molecule has 0 saturated heterocycles. The van der Waals surface area contributed by atoms with E-state index in [1.54, 1.807) is 18.2 Å². The summed E-state index contributed by atoms with van der Waals surface area (Å²) >= 11 is 0. The highest BCUT2D eigenvalue weighted by atomic mass is 32.2. The van der Waals surface area contributed by atoms with Gasteiger partial charge in [-0.3, -0.25) is 4.79 Å². The van der Waals surface area contributed by atoms with Crippen LogP contribution in [0.2, 0.25) is 0 Å². The predicted octanol–water partition coefficient (Wildman–Crippen LogP) is 2.23. The van der Waals surface area contributed by atoms with Gasteiger partial charge in [0.15, 0.2) is 0 Å². The lowest BCUT2D eigenvalue weighted by Crippen LogP contribution is -2.56. The number of imidazole rings is 1. The van der Waals surface area contributed by atoms with Gasteiger partial charge in [-0.1, -0.05) is 19.3 Å². The summed E-state index contributed by atoms with van der Waals surface area (Å²) in [4.78, 5) is 29.9. The number of aromatic nitrogens is 2. The molecule has 1 aromatic heterocycles. The van der Waals surface area contributed by atoms with E-state index < -0.39 is 15.6 Å². The standard InChI is InChI=1S/C22H32N4O5S/c1-5-26-18-10-9-16(32(29,30)25(2)3)15-17(18)23-19(26)11-12-20(27)24-22(21(28)31-4)13-7-6-8-14-22/h9-10,15H,5-8,11-14H2,1-4H3,(H,24,27). The third-order valence-electron chi connectivity index (χ3n) is 6.13. The summed E-state index contributed by atoms with van der Waals surface area (Å²) in [5, 5.41) is 2.93. The second-order valence-electron chi connectivity index (χ2n) is 8.39. The van der Waals surface area contributed by atoms with Crippen LogP contribution < -0.4 is 5.32 Å². The molecule has 32 heavy (non-hydrogen) atoms. The Hall–Kier alpha value is -2.46. The Morgan fingerprint density at radius 1 is 1.22 bits per heavy atom. The number of rotatable bonds is 8. The monoisotopic (exact) mass is 464 g/mol. The highest BCUT2D eigenvalue weighted by molar-refractivity contribution is 7.89. The van der Waals surface area contributed by atoms with Gasteiger partial charge in [0.2, 0.25) is 15.9 Å². The third-order valence-corrected chi connectivity index (χ3v) is 7.94. The molecule has 1 aliphatic carbocycles. The van der Waals surface area contributed by atoms with E-state index in [0.717, 1.165) is 24.8 Å². The summed E-state index contributed by atoms with van der Waals surface area (Å²) in [5.41, 5.74) is 0.451. The number of methoxy groups -OCH3 is 1. The normalized spacial score (nSPS) is 16.3. The molecule has 176 valence electrons. The summed E-state index contributed by atoms with van der Waals surface area (Å²) in [6.45, 7) is 2.61. The number of amides is 1. The van der Waals surface area contributed by atoms with Gasteiger partial charge in [-0.05, 0) is 38.0 Å². The van der Waals surface area contributed by atoms with E-state index in [4.69, 9.17) is 4.74 Å². The van der Waals surface area contributed by atoms with Crippen molar-refractivity contribution in [3.05, 3.63) is 24.0 Å². The van der Waals surface area contributed by atoms with Crippen LogP contribution in [0.3, 0.4) is 0 Å². The van der Waals surface area contributed by atoms with Crippen molar-refractivity contribution in [3.63, 3.8) is 0 Å². The van der Waals surface area contributed by atoms with Gasteiger partial charge >= 0.3 is 5.97 Å². The second kappa shape index (κ2) is 9.58. The van der Waals surface area contributed by atoms with E-state index in [0.29, 0.717) is 37.1 Å². The molecule has 1 N–H and O–H groups in total. The average Bonchev–Trinajstić information content (AvgIpc) is 3.14. The Morgan fingerprint density at radius 3 is 2.50 bits per heavy atom. The minimum Gasteiger partial charge on any atom is -0.467 e. The fraction of sp³-hybridized carbons (Fsp3) is 0.591. The summed E-state index contributed by atoms with van der Waals surface area (Å²) in [6, 6.07) is 4.89. The number of sulfonamides is 1. The Labute approximate surface area is 189 Å². The van der Waals surface area contributed by atoms with Crippen LogP contribution in [0, 0.1) is 0 Å². The van der Waals surface area contributed by atoms with Gasteiger partial charge in [0.25, 0.3) is 0 Å². The van der Waals surface area contributed by atoms with Gasteiger partial charge < -0.3 is 14.6 Å². The van der Waals surface area contributed by atoms with Gasteiger partial charge in [0, 0.05) is 33.5 Å². The molecule has 0 bridgehead atoms. The summed E-state index contributed by atoms with van der Waals surface area (Å²) in [6.07, 6.45) is 4.51. The smallest absolute Gasteiger partial charge is 0.331 e. The minimum absolute atomic E-state index is 0.172. The largest absolute Gasteiger partial charge is 0.467 e. The number of esters is 1. The molecule has 1 heterocycles. The molecule has 2 aromatic rings. The van der Waals surface area contributed by atoms with Crippen LogP contribution in [0.25, 0.3) is 11.0 Å². The van der Waals surface area contributed by atoms with Crippen LogP contribution in [0.1, 0.15) is 51.3 Å². The van der Waals surface area contributed by atoms with Gasteiger partial charge in [-0.15, -0.1) is 0 Å². The van der Waals surface area contributed by atoms with Crippen LogP contribution >= 0.6 is 0 Å². The molecule has 1 aliphatic rings. The molecule has 9 nitrogen and oxygen atoms in total. The molecule has 3 rings (SSSR count). The number of aryl methyl sites for hydroxylation is 2. The lowest BCUT2D eigenvalue weighted by Gasteiger charge is -2.35. The number of hydrogen-bond donors (Lipinski definition) is 1. The molecule has 1 aromatic carbocycles. The minimum atomic E-state index is -3.56. The Kier molecular flexibility index (Phi) is 7.24. The zero-order chi connectivity index (χ0) is 23.5. The van der Waals surface area contributed by atoms with Gasteiger partial charge in [-0.25, -0.2) is 22.5 Å². The molecule has 1 saturated carbocycles. The Morgan fingerprint density at radius 2 is 1.91 bits per heavy atom. The fourth-order valence-corrected chi connectivity index (χ4v) is 5.28. The van der Waals surface area contributed by atoms with Crippen molar-refractivity contribution in [1.82, 2.24) is 19.2 Å². The predicted molar refractivity (Wildman–Crippen MR) is 121 cm³/mol. The van der Waals surface area contributed by atoms with Crippen LogP contribution in [-0.4, -0.2) is 60.9 Å². The number of hydrogen-bond acceptors (Lipinski definition) is 6. The van der Waals surface area contributed by atoms with Crippen molar-refractivity contribution >= 4 is 32.9 Å². The van der Waals surface area contributed by atoms with E-state index in [1.165, 1.54) is 25.5 Å². The molecule has 1 amide bonds. The van der Waals surface area contributed by atoms with Gasteiger partial charge in [-0.2, -0.15) is 0 Å². The van der Waals surface area contributed by atoms with E-state index >= 15 is 0 Å². The molecule has 0 atom stereocenters. The molecule has 10 heteroatoms. The number of ether oxygens (including phenoxy) is 1. The molecule has 0 unspecified atom stereocenters. The van der Waals surface area contributed by atoms with E-state index in [1.807, 2.05) is 11.5 Å². The summed E-state index contributed by atoms with van der Waals surface area (Å²) in [5.74, 6) is 0.0941. The van der Waals surface area contributed by atoms with E-state index in [-0.39, 0.29) is 23.2 Å². The lowest BCUT2D eigenvalue weighted by molar-refractivity contribution is -0.152. The van der Waals surface area contributed by atoms with Crippen molar-refractivity contribution < 1.29 is 22.7 Å². The molecular formula is C22H32N4O5S. The van der Waals surface area contributed by atoms with Crippen LogP contribution in [0.4, 0.5) is 0 Å². The second-order valence-corrected chi connectivity index (χ2v) is 10.5. The first-order valence-electron chi connectivity index (χ1n) is 11.0. The Balaban J connectivity index is 1.79. The lowest BCUT2D eigenvalue weighted by atomic mass is 9.81. The number of nitrogens with zero attached hydrogens (tertiary/aromatic N) is 3. The summed E-state index contributed by atoms with van der Waals surface area (Å²) in [7, 11) is 0.760. The zero-order valence-corrected chi connectivity index (χ0v) is 20.0. The first kappa shape index (κ1) is 24.2. The van der Waals surface area contributed by atoms with Crippen molar-refractivity contribution in [1.29, 1.82) is 0 Å². The zero-order valence-electron chi connectivity index (χ0n) is 19.2. The quantitative estimate of drug-likeness (QED) is 0.600. The van der Waals surface area contributed by atoms with Gasteiger partial charge in [0.1, 0.15) is 11.4 Å². The topological polar surface area (TPSA) is 111 Å². The SMILES string of the molecule is CCn1c(CCC(=O)NC2(C(=O)OC)CCCCC2)nc2cc(S(=O)(=O)N(C)C)ccc21. The molecular weight excluding hydrogens is 432 g/mol. The van der Waals surface area contributed by atoms with Crippen molar-refractivity contribution in [2.75, 3.05) is 21.2 Å². The molecule has 1 fully saturated rings. The first-order chi connectivity index (χ1) is 15.1. The first-order valence-corrected chi connectivity index (χ1v) is 12.4. The maximum Gasteiger partial charge on any atom is 0.331 e. The van der Waals surface area contributed by atoms with Crippen molar-refractivity contribution in [2.45, 2.75) is 68.8 Å². The van der Waals surface area contributed by atoms with Crippen molar-refractivity contribution in [3.8, 4) is 0 Å². The number of carbonyl (C=O) groups excluding carboxylic acids is 2. The van der Waals surface area contributed by atoms with Crippen LogP contribution in [-0.2, 0) is 37.3 Å². The fourth-order valence-electron chi connectivity index (χ4n) is 4.36. The molecule has 0 aliphatic heterocycles. The van der Waals surface area contributed by atoms with Crippen molar-refractivity contribution in [2.24, 2.45) is 0 Å². The highest BCUT2D eigenvalue weighted by Gasteiger charge is 2.41. The van der Waals surface area contributed by atoms with Crippen LogP contribution in [0.5, 0.6) is 0 Å². The maximum atomic E-state index is 12.7. The van der Waals surface area contributed by atoms with E-state index in [9.17, 15) is 18.0 Å². The highest BCUT2D eigenvalue weighted by Crippen LogP contribution is 2.30. The Bertz CT molecular complexity index is 1100. The number of carbonyl (C=O) groups is 2. The third kappa shape index (κ3) is 4.66.